The summed E-state index contributed by atoms with van der Waals surface area (Å²) in [6, 6.07) is 16.6. The van der Waals surface area contributed by atoms with E-state index in [1.807, 2.05) is 30.3 Å². The molecule has 0 saturated heterocycles. The lowest BCUT2D eigenvalue weighted by atomic mass is 10.1. The minimum absolute atomic E-state index is 0.380. The maximum atomic E-state index is 8.81. The summed E-state index contributed by atoms with van der Waals surface area (Å²) in [6.45, 7) is 0.813. The SMILES string of the molecule is COc1ccc2c(c1)C(NCc1ccc(C#N)cc1)CC2. The minimum atomic E-state index is 0.380. The van der Waals surface area contributed by atoms with Crippen molar-refractivity contribution in [3.8, 4) is 11.8 Å². The van der Waals surface area contributed by atoms with Gasteiger partial charge in [-0.15, -0.1) is 0 Å². The zero-order valence-electron chi connectivity index (χ0n) is 12.1. The highest BCUT2D eigenvalue weighted by Gasteiger charge is 2.22. The van der Waals surface area contributed by atoms with Gasteiger partial charge in [-0.25, -0.2) is 0 Å². The zero-order chi connectivity index (χ0) is 14.7. The van der Waals surface area contributed by atoms with E-state index in [1.54, 1.807) is 7.11 Å². The van der Waals surface area contributed by atoms with Gasteiger partial charge in [-0.3, -0.25) is 0 Å². The Bertz CT molecular complexity index is 671. The number of nitrogens with zero attached hydrogens (tertiary/aromatic N) is 1. The quantitative estimate of drug-likeness (QED) is 0.933. The molecule has 1 unspecified atom stereocenters. The van der Waals surface area contributed by atoms with Gasteiger partial charge in [0, 0.05) is 12.6 Å². The highest BCUT2D eigenvalue weighted by molar-refractivity contribution is 5.41. The number of methoxy groups -OCH3 is 1. The molecule has 0 saturated carbocycles. The third-order valence-corrected chi connectivity index (χ3v) is 4.07. The number of aryl methyl sites for hydroxylation is 1. The Hall–Kier alpha value is -2.31. The number of hydrogen-bond acceptors (Lipinski definition) is 3. The number of rotatable bonds is 4. The molecule has 0 spiro atoms. The predicted molar refractivity (Wildman–Crippen MR) is 82.1 cm³/mol. The smallest absolute Gasteiger partial charge is 0.119 e. The van der Waals surface area contributed by atoms with Crippen LogP contribution in [0.15, 0.2) is 42.5 Å². The van der Waals surface area contributed by atoms with Crippen molar-refractivity contribution in [1.82, 2.24) is 5.32 Å². The Labute approximate surface area is 125 Å². The molecule has 1 aliphatic carbocycles. The number of ether oxygens (including phenoxy) is 1. The lowest BCUT2D eigenvalue weighted by Gasteiger charge is -2.15. The molecule has 3 heteroatoms. The highest BCUT2D eigenvalue weighted by Crippen LogP contribution is 2.33. The Kier molecular flexibility index (Phi) is 3.89. The molecule has 2 aromatic carbocycles. The van der Waals surface area contributed by atoms with Crippen LogP contribution in [-0.4, -0.2) is 7.11 Å². The summed E-state index contributed by atoms with van der Waals surface area (Å²) in [4.78, 5) is 0. The summed E-state index contributed by atoms with van der Waals surface area (Å²) >= 11 is 0. The van der Waals surface area contributed by atoms with Crippen molar-refractivity contribution in [1.29, 1.82) is 5.26 Å². The molecule has 106 valence electrons. The van der Waals surface area contributed by atoms with E-state index in [1.165, 1.54) is 16.7 Å². The average Bonchev–Trinajstić information content (AvgIpc) is 2.95. The van der Waals surface area contributed by atoms with Crippen LogP contribution < -0.4 is 10.1 Å². The maximum absolute atomic E-state index is 8.81. The monoisotopic (exact) mass is 278 g/mol. The van der Waals surface area contributed by atoms with Gasteiger partial charge in [0.2, 0.25) is 0 Å². The molecular formula is C18H18N2O. The summed E-state index contributed by atoms with van der Waals surface area (Å²) in [6.07, 6.45) is 2.24. The Morgan fingerprint density at radius 3 is 2.76 bits per heavy atom. The van der Waals surface area contributed by atoms with Gasteiger partial charge in [0.05, 0.1) is 18.7 Å². The highest BCUT2D eigenvalue weighted by atomic mass is 16.5. The van der Waals surface area contributed by atoms with Crippen molar-refractivity contribution in [2.75, 3.05) is 7.11 Å². The van der Waals surface area contributed by atoms with Gasteiger partial charge in [0.25, 0.3) is 0 Å². The largest absolute Gasteiger partial charge is 0.497 e. The van der Waals surface area contributed by atoms with Gasteiger partial charge in [-0.1, -0.05) is 18.2 Å². The standard InChI is InChI=1S/C18H18N2O/c1-21-16-8-6-15-7-9-18(17(15)10-16)20-12-14-4-2-13(11-19)3-5-14/h2-6,8,10,18,20H,7,9,12H2,1H3. The third kappa shape index (κ3) is 2.91. The minimum Gasteiger partial charge on any atom is -0.497 e. The van der Waals surface area contributed by atoms with Gasteiger partial charge >= 0.3 is 0 Å². The summed E-state index contributed by atoms with van der Waals surface area (Å²) in [5.41, 5.74) is 4.66. The van der Waals surface area contributed by atoms with E-state index in [0.29, 0.717) is 11.6 Å². The van der Waals surface area contributed by atoms with Crippen molar-refractivity contribution < 1.29 is 4.74 Å². The number of fused-ring (bicyclic) bond motifs is 1. The second-order valence-electron chi connectivity index (χ2n) is 5.35. The predicted octanol–water partition coefficient (Wildman–Crippen LogP) is 3.34. The Morgan fingerprint density at radius 2 is 2.05 bits per heavy atom. The van der Waals surface area contributed by atoms with Gasteiger partial charge in [-0.05, 0) is 53.8 Å². The Balaban J connectivity index is 1.69. The van der Waals surface area contributed by atoms with Crippen LogP contribution in [0.4, 0.5) is 0 Å². The van der Waals surface area contributed by atoms with Gasteiger partial charge in [-0.2, -0.15) is 5.26 Å². The fourth-order valence-electron chi connectivity index (χ4n) is 2.86. The van der Waals surface area contributed by atoms with Crippen molar-refractivity contribution >= 4 is 0 Å². The maximum Gasteiger partial charge on any atom is 0.119 e. The van der Waals surface area contributed by atoms with Crippen molar-refractivity contribution in [2.45, 2.75) is 25.4 Å². The van der Waals surface area contributed by atoms with E-state index in [0.717, 1.165) is 25.1 Å². The van der Waals surface area contributed by atoms with Crippen molar-refractivity contribution in [3.05, 3.63) is 64.7 Å². The second-order valence-corrected chi connectivity index (χ2v) is 5.35. The van der Waals surface area contributed by atoms with Crippen LogP contribution in [0.1, 0.15) is 34.7 Å². The van der Waals surface area contributed by atoms with Crippen LogP contribution in [0, 0.1) is 11.3 Å². The lowest BCUT2D eigenvalue weighted by Crippen LogP contribution is -2.18. The molecule has 3 rings (SSSR count). The van der Waals surface area contributed by atoms with Crippen LogP contribution in [-0.2, 0) is 13.0 Å². The molecule has 0 fully saturated rings. The van der Waals surface area contributed by atoms with Crippen molar-refractivity contribution in [3.63, 3.8) is 0 Å². The van der Waals surface area contributed by atoms with E-state index < -0.39 is 0 Å². The molecule has 21 heavy (non-hydrogen) atoms. The van der Waals surface area contributed by atoms with Gasteiger partial charge < -0.3 is 10.1 Å². The summed E-state index contributed by atoms with van der Waals surface area (Å²) in [5, 5.41) is 12.4. The molecule has 2 aromatic rings. The Morgan fingerprint density at radius 1 is 1.24 bits per heavy atom. The first-order valence-corrected chi connectivity index (χ1v) is 7.19. The van der Waals surface area contributed by atoms with Gasteiger partial charge in [0.15, 0.2) is 0 Å². The third-order valence-electron chi connectivity index (χ3n) is 4.07. The molecule has 1 aliphatic rings. The van der Waals surface area contributed by atoms with E-state index in [4.69, 9.17) is 10.00 Å². The first-order valence-electron chi connectivity index (χ1n) is 7.19. The lowest BCUT2D eigenvalue weighted by molar-refractivity contribution is 0.413. The molecule has 1 N–H and O–H groups in total. The number of benzene rings is 2. The number of nitrogens with one attached hydrogen (secondary N) is 1. The van der Waals surface area contributed by atoms with E-state index in [2.05, 4.69) is 23.5 Å². The molecule has 0 heterocycles. The topological polar surface area (TPSA) is 45.0 Å². The van der Waals surface area contributed by atoms with Crippen LogP contribution in [0.3, 0.4) is 0 Å². The van der Waals surface area contributed by atoms with Crippen LogP contribution >= 0.6 is 0 Å². The molecule has 0 aliphatic heterocycles. The normalized spacial score (nSPS) is 16.3. The molecule has 0 bridgehead atoms. The summed E-state index contributed by atoms with van der Waals surface area (Å²) in [5.74, 6) is 0.917. The molecule has 0 aromatic heterocycles. The molecule has 0 amide bonds. The van der Waals surface area contributed by atoms with Gasteiger partial charge in [0.1, 0.15) is 5.75 Å². The first kappa shape index (κ1) is 13.7. The first-order chi connectivity index (χ1) is 10.3. The van der Waals surface area contributed by atoms with E-state index >= 15 is 0 Å². The summed E-state index contributed by atoms with van der Waals surface area (Å²) < 4.78 is 5.32. The fourth-order valence-corrected chi connectivity index (χ4v) is 2.86. The zero-order valence-corrected chi connectivity index (χ0v) is 12.1. The molecule has 1 atom stereocenters. The number of nitriles is 1. The average molecular weight is 278 g/mol. The van der Waals surface area contributed by atoms with Crippen LogP contribution in [0.5, 0.6) is 5.75 Å². The molecule has 0 radical (unpaired) electrons. The van der Waals surface area contributed by atoms with E-state index in [-0.39, 0.29) is 0 Å². The summed E-state index contributed by atoms with van der Waals surface area (Å²) in [7, 11) is 1.70. The molecule has 3 nitrogen and oxygen atoms in total. The molecular weight excluding hydrogens is 260 g/mol. The second kappa shape index (κ2) is 5.99. The van der Waals surface area contributed by atoms with Crippen LogP contribution in [0.25, 0.3) is 0 Å². The number of hydrogen-bond donors (Lipinski definition) is 1. The van der Waals surface area contributed by atoms with E-state index in [9.17, 15) is 0 Å². The van der Waals surface area contributed by atoms with Crippen LogP contribution in [0.2, 0.25) is 0 Å². The fraction of sp³-hybridized carbons (Fsp3) is 0.278. The van der Waals surface area contributed by atoms with Crippen molar-refractivity contribution in [2.24, 2.45) is 0 Å².